The number of hydrogen-bond acceptors (Lipinski definition) is 1. The van der Waals surface area contributed by atoms with E-state index in [1.807, 2.05) is 12.2 Å². The Balaban J connectivity index is 2.54. The first kappa shape index (κ1) is 7.29. The summed E-state index contributed by atoms with van der Waals surface area (Å²) < 4.78 is 0. The maximum Gasteiger partial charge on any atom is 0.0332 e. The minimum absolute atomic E-state index is 0.537. The predicted molar refractivity (Wildman–Crippen MR) is 44.9 cm³/mol. The first-order valence-electron chi connectivity index (χ1n) is 3.57. The molecule has 0 aromatic heterocycles. The van der Waals surface area contributed by atoms with Gasteiger partial charge in [-0.15, -0.1) is 0 Å². The molecule has 1 N–H and O–H groups in total. The van der Waals surface area contributed by atoms with Gasteiger partial charge in [-0.25, -0.2) is 0 Å². The first-order chi connectivity index (χ1) is 4.88. The van der Waals surface area contributed by atoms with Crippen LogP contribution in [0.3, 0.4) is 0 Å². The van der Waals surface area contributed by atoms with Gasteiger partial charge in [0.05, 0.1) is 0 Å². The Hall–Kier alpha value is -0.820. The van der Waals surface area contributed by atoms with E-state index in [9.17, 15) is 0 Å². The van der Waals surface area contributed by atoms with Gasteiger partial charge in [0, 0.05) is 6.04 Å². The Bertz CT molecular complexity index is 164. The van der Waals surface area contributed by atoms with Gasteiger partial charge in [0.1, 0.15) is 0 Å². The van der Waals surface area contributed by atoms with Crippen molar-refractivity contribution in [2.75, 3.05) is 6.54 Å². The van der Waals surface area contributed by atoms with Crippen LogP contribution in [-0.2, 0) is 0 Å². The molecule has 0 amide bonds. The molecule has 1 heterocycles. The number of allylic oxidation sites excluding steroid dienone is 2. The second-order valence-electron chi connectivity index (χ2n) is 2.40. The Morgan fingerprint density at radius 3 is 2.50 bits per heavy atom. The highest BCUT2D eigenvalue weighted by atomic mass is 15.0. The molecule has 1 unspecified atom stereocenters. The van der Waals surface area contributed by atoms with E-state index in [1.165, 1.54) is 12.0 Å². The van der Waals surface area contributed by atoms with Crippen LogP contribution in [0.5, 0.6) is 0 Å². The fraction of sp³-hybridized carbons (Fsp3) is 0.333. The van der Waals surface area contributed by atoms with Crippen molar-refractivity contribution >= 4 is 0 Å². The molecule has 0 aliphatic carbocycles. The van der Waals surface area contributed by atoms with E-state index in [-0.39, 0.29) is 0 Å². The Morgan fingerprint density at radius 1 is 1.50 bits per heavy atom. The third-order valence-electron chi connectivity index (χ3n) is 1.77. The maximum atomic E-state index is 3.73. The molecule has 0 aromatic rings. The normalized spacial score (nSPS) is 25.2. The molecule has 0 bridgehead atoms. The monoisotopic (exact) mass is 135 g/mol. The van der Waals surface area contributed by atoms with E-state index in [4.69, 9.17) is 0 Å². The number of hydrogen-bond donors (Lipinski definition) is 1. The predicted octanol–water partition coefficient (Wildman–Crippen LogP) is 1.65. The van der Waals surface area contributed by atoms with Crippen LogP contribution in [0.2, 0.25) is 0 Å². The van der Waals surface area contributed by atoms with E-state index < -0.39 is 0 Å². The van der Waals surface area contributed by atoms with Crippen LogP contribution in [0.4, 0.5) is 0 Å². The van der Waals surface area contributed by atoms with Crippen LogP contribution < -0.4 is 5.32 Å². The molecule has 1 nitrogen and oxygen atoms in total. The van der Waals surface area contributed by atoms with Crippen molar-refractivity contribution in [1.29, 1.82) is 0 Å². The molecule has 1 heteroatoms. The molecule has 1 rings (SSSR count). The Labute approximate surface area is 62.1 Å². The number of nitrogens with one attached hydrogen (secondary N) is 1. The van der Waals surface area contributed by atoms with Gasteiger partial charge in [-0.1, -0.05) is 31.4 Å². The van der Waals surface area contributed by atoms with E-state index in [0.29, 0.717) is 6.04 Å². The van der Waals surface area contributed by atoms with Crippen LogP contribution in [0.25, 0.3) is 0 Å². The summed E-state index contributed by atoms with van der Waals surface area (Å²) in [4.78, 5) is 0. The zero-order chi connectivity index (χ0) is 7.40. The molecule has 0 aromatic carbocycles. The molecular weight excluding hydrogens is 122 g/mol. The second-order valence-corrected chi connectivity index (χ2v) is 2.40. The second kappa shape index (κ2) is 3.37. The summed E-state index contributed by atoms with van der Waals surface area (Å²) in [7, 11) is 0. The van der Waals surface area contributed by atoms with Crippen LogP contribution in [-0.4, -0.2) is 12.6 Å². The molecule has 1 aliphatic rings. The molecule has 0 saturated carbocycles. The molecular formula is C9H13N. The highest BCUT2D eigenvalue weighted by molar-refractivity contribution is 5.28. The van der Waals surface area contributed by atoms with Gasteiger partial charge in [0.25, 0.3) is 0 Å². The van der Waals surface area contributed by atoms with Gasteiger partial charge in [-0.2, -0.15) is 0 Å². The molecule has 1 atom stereocenters. The summed E-state index contributed by atoms with van der Waals surface area (Å²) >= 11 is 0. The van der Waals surface area contributed by atoms with Gasteiger partial charge in [0.15, 0.2) is 0 Å². The Kier molecular flexibility index (Phi) is 2.46. The van der Waals surface area contributed by atoms with Gasteiger partial charge < -0.3 is 5.32 Å². The lowest BCUT2D eigenvalue weighted by molar-refractivity contribution is 0.424. The zero-order valence-corrected chi connectivity index (χ0v) is 6.14. The van der Waals surface area contributed by atoms with E-state index in [2.05, 4.69) is 18.5 Å². The van der Waals surface area contributed by atoms with Crippen molar-refractivity contribution in [1.82, 2.24) is 5.32 Å². The smallest absolute Gasteiger partial charge is 0.0332 e. The topological polar surface area (TPSA) is 12.0 Å². The first-order valence-corrected chi connectivity index (χ1v) is 3.57. The third-order valence-corrected chi connectivity index (χ3v) is 1.77. The summed E-state index contributed by atoms with van der Waals surface area (Å²) in [5, 5.41) is 3.29. The van der Waals surface area contributed by atoms with Gasteiger partial charge >= 0.3 is 0 Å². The van der Waals surface area contributed by atoms with Gasteiger partial charge in [-0.3, -0.25) is 0 Å². The largest absolute Gasteiger partial charge is 0.310 e. The van der Waals surface area contributed by atoms with Crippen molar-refractivity contribution in [3.63, 3.8) is 0 Å². The molecule has 0 radical (unpaired) electrons. The molecule has 0 spiro atoms. The zero-order valence-electron chi connectivity index (χ0n) is 6.14. The third kappa shape index (κ3) is 1.36. The van der Waals surface area contributed by atoms with Crippen LogP contribution in [0.1, 0.15) is 6.42 Å². The minimum atomic E-state index is 0.537. The van der Waals surface area contributed by atoms with E-state index in [0.717, 1.165) is 6.54 Å². The van der Waals surface area contributed by atoms with Crippen molar-refractivity contribution in [3.05, 3.63) is 37.0 Å². The summed E-state index contributed by atoms with van der Waals surface area (Å²) in [6, 6.07) is 0.537. The summed E-state index contributed by atoms with van der Waals surface area (Å²) in [6.45, 7) is 8.50. The summed E-state index contributed by atoms with van der Waals surface area (Å²) in [5.41, 5.74) is 1.25. The van der Waals surface area contributed by atoms with Crippen molar-refractivity contribution in [2.45, 2.75) is 12.5 Å². The van der Waals surface area contributed by atoms with Crippen LogP contribution >= 0.6 is 0 Å². The highest BCUT2D eigenvalue weighted by Crippen LogP contribution is 2.13. The van der Waals surface area contributed by atoms with Crippen LogP contribution in [0.15, 0.2) is 37.0 Å². The minimum Gasteiger partial charge on any atom is -0.310 e. The molecule has 10 heavy (non-hydrogen) atoms. The van der Waals surface area contributed by atoms with E-state index in [1.54, 1.807) is 6.08 Å². The summed E-state index contributed by atoms with van der Waals surface area (Å²) in [6.07, 6.45) is 6.92. The quantitative estimate of drug-likeness (QED) is 0.580. The van der Waals surface area contributed by atoms with Crippen molar-refractivity contribution < 1.29 is 0 Å². The fourth-order valence-corrected chi connectivity index (χ4v) is 1.04. The molecule has 1 saturated heterocycles. The van der Waals surface area contributed by atoms with Gasteiger partial charge in [-0.05, 0) is 18.5 Å². The lowest BCUT2D eigenvalue weighted by atomic mass is 9.98. The average molecular weight is 135 g/mol. The van der Waals surface area contributed by atoms with Crippen LogP contribution in [0, 0.1) is 0 Å². The summed E-state index contributed by atoms with van der Waals surface area (Å²) in [5.74, 6) is 0. The average Bonchev–Trinajstić information content (AvgIpc) is 1.83. The maximum absolute atomic E-state index is 3.73. The molecule has 54 valence electrons. The Morgan fingerprint density at radius 2 is 2.20 bits per heavy atom. The molecule has 1 aliphatic heterocycles. The van der Waals surface area contributed by atoms with Crippen molar-refractivity contribution in [3.8, 4) is 0 Å². The van der Waals surface area contributed by atoms with E-state index >= 15 is 0 Å². The number of rotatable bonds is 3. The van der Waals surface area contributed by atoms with Crippen molar-refractivity contribution in [2.24, 2.45) is 0 Å². The standard InChI is InChI=1S/C9H13N/c1-3-5-8(4-2)9-6-7-10-9/h3-5,9-10H,1-2,6-7H2/b8-5+. The van der Waals surface area contributed by atoms with Gasteiger partial charge in [0.2, 0.25) is 0 Å². The highest BCUT2D eigenvalue weighted by Gasteiger charge is 2.17. The SMILES string of the molecule is C=C/C=C(\C=C)C1CCN1. The fourth-order valence-electron chi connectivity index (χ4n) is 1.04. The lowest BCUT2D eigenvalue weighted by Gasteiger charge is -2.28. The molecule has 1 fully saturated rings. The lowest BCUT2D eigenvalue weighted by Crippen LogP contribution is -2.43.